The third kappa shape index (κ3) is 2.59. The van der Waals surface area contributed by atoms with E-state index in [1.54, 1.807) is 18.5 Å². The van der Waals surface area contributed by atoms with Crippen molar-refractivity contribution in [2.45, 2.75) is 0 Å². The lowest BCUT2D eigenvalue weighted by molar-refractivity contribution is 0.628. The van der Waals surface area contributed by atoms with Gasteiger partial charge in [-0.25, -0.2) is 4.39 Å². The number of nitrogens with zero attached hydrogens (tertiary/aromatic N) is 2. The van der Waals surface area contributed by atoms with E-state index in [0.717, 1.165) is 15.7 Å². The maximum Gasteiger partial charge on any atom is 0.125 e. The van der Waals surface area contributed by atoms with Crippen LogP contribution >= 0.6 is 27.5 Å². The number of nitrogens with one attached hydrogen (secondary N) is 1. The summed E-state index contributed by atoms with van der Waals surface area (Å²) in [6.45, 7) is 0. The first-order valence-corrected chi connectivity index (χ1v) is 6.93. The van der Waals surface area contributed by atoms with Crippen LogP contribution in [0.25, 0.3) is 11.0 Å². The molecule has 2 heterocycles. The van der Waals surface area contributed by atoms with Crippen molar-refractivity contribution in [1.29, 1.82) is 0 Å². The second kappa shape index (κ2) is 5.34. The fourth-order valence-corrected chi connectivity index (χ4v) is 2.33. The molecule has 0 saturated heterocycles. The molecule has 100 valence electrons. The average Bonchev–Trinajstić information content (AvgIpc) is 2.43. The van der Waals surface area contributed by atoms with Gasteiger partial charge in [-0.05, 0) is 46.3 Å². The number of halogens is 3. The summed E-state index contributed by atoms with van der Waals surface area (Å²) in [5.74, 6) is -0.356. The molecule has 0 amide bonds. The predicted octanol–water partition coefficient (Wildman–Crippen LogP) is 4.93. The van der Waals surface area contributed by atoms with Crippen LogP contribution in [0.15, 0.2) is 47.2 Å². The van der Waals surface area contributed by atoms with Crippen molar-refractivity contribution < 1.29 is 4.39 Å². The summed E-state index contributed by atoms with van der Waals surface area (Å²) >= 11 is 9.40. The van der Waals surface area contributed by atoms with Gasteiger partial charge in [0.05, 0.1) is 21.9 Å². The zero-order chi connectivity index (χ0) is 14.1. The number of benzene rings is 1. The van der Waals surface area contributed by atoms with E-state index in [2.05, 4.69) is 31.2 Å². The summed E-state index contributed by atoms with van der Waals surface area (Å²) in [5, 5.41) is 3.52. The molecule has 1 aromatic carbocycles. The van der Waals surface area contributed by atoms with Gasteiger partial charge in [0, 0.05) is 16.9 Å². The van der Waals surface area contributed by atoms with Crippen LogP contribution in [-0.4, -0.2) is 9.97 Å². The van der Waals surface area contributed by atoms with Crippen LogP contribution < -0.4 is 5.32 Å². The van der Waals surface area contributed by atoms with Gasteiger partial charge >= 0.3 is 0 Å². The molecule has 6 heteroatoms. The Hall–Kier alpha value is -1.72. The van der Waals surface area contributed by atoms with Crippen LogP contribution in [0.3, 0.4) is 0 Å². The number of anilines is 2. The third-order valence-corrected chi connectivity index (χ3v) is 3.51. The van der Waals surface area contributed by atoms with Crippen molar-refractivity contribution in [3.63, 3.8) is 0 Å². The predicted molar refractivity (Wildman–Crippen MR) is 81.9 cm³/mol. The highest BCUT2D eigenvalue weighted by molar-refractivity contribution is 9.10. The van der Waals surface area contributed by atoms with Crippen LogP contribution in [0.2, 0.25) is 5.02 Å². The lowest BCUT2D eigenvalue weighted by Gasteiger charge is -2.10. The molecule has 0 aliphatic carbocycles. The Kier molecular flexibility index (Phi) is 3.54. The molecule has 1 N–H and O–H groups in total. The summed E-state index contributed by atoms with van der Waals surface area (Å²) in [7, 11) is 0. The molecule has 0 fully saturated rings. The van der Waals surface area contributed by atoms with Gasteiger partial charge in [0.15, 0.2) is 0 Å². The van der Waals surface area contributed by atoms with Gasteiger partial charge in [-0.15, -0.1) is 0 Å². The van der Waals surface area contributed by atoms with Gasteiger partial charge in [0.1, 0.15) is 11.3 Å². The minimum atomic E-state index is -0.356. The van der Waals surface area contributed by atoms with Gasteiger partial charge in [-0.3, -0.25) is 9.97 Å². The minimum absolute atomic E-state index is 0.356. The number of rotatable bonds is 2. The molecule has 2 aromatic heterocycles. The minimum Gasteiger partial charge on any atom is -0.352 e. The Bertz CT molecular complexity index is 794. The molecule has 3 nitrogen and oxygen atoms in total. The Morgan fingerprint density at radius 2 is 1.95 bits per heavy atom. The van der Waals surface area contributed by atoms with Gasteiger partial charge < -0.3 is 5.32 Å². The highest BCUT2D eigenvalue weighted by atomic mass is 79.9. The molecule has 0 unspecified atom stereocenters. The molecule has 0 aliphatic rings. The number of hydrogen-bond acceptors (Lipinski definition) is 3. The van der Waals surface area contributed by atoms with Crippen LogP contribution in [0.5, 0.6) is 0 Å². The molecule has 3 aromatic rings. The molecular weight excluding hydrogens is 345 g/mol. The number of aromatic nitrogens is 2. The third-order valence-electron chi connectivity index (χ3n) is 2.74. The van der Waals surface area contributed by atoms with E-state index < -0.39 is 0 Å². The van der Waals surface area contributed by atoms with Gasteiger partial charge in [-0.2, -0.15) is 0 Å². The largest absolute Gasteiger partial charge is 0.352 e. The van der Waals surface area contributed by atoms with Crippen molar-refractivity contribution in [2.24, 2.45) is 0 Å². The Balaban J connectivity index is 2.09. The first-order valence-electron chi connectivity index (χ1n) is 5.76. The lowest BCUT2D eigenvalue weighted by Crippen LogP contribution is -1.95. The van der Waals surface area contributed by atoms with Crippen LogP contribution in [0.4, 0.5) is 15.8 Å². The van der Waals surface area contributed by atoms with Crippen molar-refractivity contribution in [3.8, 4) is 0 Å². The molecule has 0 bridgehead atoms. The quantitative estimate of drug-likeness (QED) is 0.711. The normalized spacial score (nSPS) is 10.8. The zero-order valence-electron chi connectivity index (χ0n) is 10.1. The van der Waals surface area contributed by atoms with Gasteiger partial charge in [-0.1, -0.05) is 11.6 Å². The molecule has 20 heavy (non-hydrogen) atoms. The number of pyridine rings is 2. The molecule has 0 radical (unpaired) electrons. The van der Waals surface area contributed by atoms with Crippen LogP contribution in [0, 0.1) is 5.82 Å². The second-order valence-corrected chi connectivity index (χ2v) is 5.45. The summed E-state index contributed by atoms with van der Waals surface area (Å²) < 4.78 is 14.1. The summed E-state index contributed by atoms with van der Waals surface area (Å²) in [5.41, 5.74) is 2.63. The maximum absolute atomic E-state index is 13.3. The second-order valence-electron chi connectivity index (χ2n) is 4.13. The van der Waals surface area contributed by atoms with Crippen molar-refractivity contribution in [3.05, 3.63) is 58.0 Å². The Morgan fingerprint density at radius 1 is 1.10 bits per heavy atom. The smallest absolute Gasteiger partial charge is 0.125 e. The Morgan fingerprint density at radius 3 is 2.80 bits per heavy atom. The van der Waals surface area contributed by atoms with E-state index >= 15 is 0 Å². The number of hydrogen-bond donors (Lipinski definition) is 1. The fourth-order valence-electron chi connectivity index (χ4n) is 1.84. The molecule has 0 atom stereocenters. The monoisotopic (exact) mass is 351 g/mol. The summed E-state index contributed by atoms with van der Waals surface area (Å²) in [4.78, 5) is 8.56. The molecule has 3 rings (SSSR count). The highest BCUT2D eigenvalue weighted by Crippen LogP contribution is 2.29. The summed E-state index contributed by atoms with van der Waals surface area (Å²) in [6, 6.07) is 7.79. The van der Waals surface area contributed by atoms with E-state index in [9.17, 15) is 4.39 Å². The van der Waals surface area contributed by atoms with E-state index in [1.807, 2.05) is 6.07 Å². The van der Waals surface area contributed by atoms with Crippen molar-refractivity contribution in [1.82, 2.24) is 9.97 Å². The lowest BCUT2D eigenvalue weighted by atomic mass is 10.2. The maximum atomic E-state index is 13.3. The average molecular weight is 353 g/mol. The number of fused-ring (bicyclic) bond motifs is 1. The molecular formula is C14H8BrClFN3. The molecule has 0 saturated carbocycles. The standard InChI is InChI=1S/C14H8BrClFN3/c15-8-5-13-14(19-7-8)11(3-4-18-13)20-12-6-9(17)1-2-10(12)16/h1-7H,(H,18,20). The topological polar surface area (TPSA) is 37.8 Å². The van der Waals surface area contributed by atoms with E-state index in [-0.39, 0.29) is 5.82 Å². The van der Waals surface area contributed by atoms with Crippen LogP contribution in [-0.2, 0) is 0 Å². The first kappa shape index (κ1) is 13.3. The SMILES string of the molecule is Fc1ccc(Cl)c(Nc2ccnc3cc(Br)cnc23)c1. The molecule has 0 spiro atoms. The summed E-state index contributed by atoms with van der Waals surface area (Å²) in [6.07, 6.45) is 3.34. The van der Waals surface area contributed by atoms with Gasteiger partial charge in [0.2, 0.25) is 0 Å². The fraction of sp³-hybridized carbons (Fsp3) is 0. The Labute approximate surface area is 127 Å². The van der Waals surface area contributed by atoms with E-state index in [1.165, 1.54) is 18.2 Å². The van der Waals surface area contributed by atoms with E-state index in [4.69, 9.17) is 11.6 Å². The van der Waals surface area contributed by atoms with E-state index in [0.29, 0.717) is 16.2 Å². The van der Waals surface area contributed by atoms with Gasteiger partial charge in [0.25, 0.3) is 0 Å². The van der Waals surface area contributed by atoms with Crippen LogP contribution in [0.1, 0.15) is 0 Å². The highest BCUT2D eigenvalue weighted by Gasteiger charge is 2.07. The van der Waals surface area contributed by atoms with Crippen molar-refractivity contribution in [2.75, 3.05) is 5.32 Å². The molecule has 0 aliphatic heterocycles. The van der Waals surface area contributed by atoms with Crippen molar-refractivity contribution >= 4 is 49.9 Å². The zero-order valence-corrected chi connectivity index (χ0v) is 12.4. The first-order chi connectivity index (χ1) is 9.63.